The maximum absolute atomic E-state index is 12.3. The number of halogens is 1. The summed E-state index contributed by atoms with van der Waals surface area (Å²) >= 11 is 7.87. The highest BCUT2D eigenvalue weighted by molar-refractivity contribution is 7.21. The maximum atomic E-state index is 12.3. The molecule has 1 amide bonds. The van der Waals surface area contributed by atoms with Crippen molar-refractivity contribution in [3.05, 3.63) is 76.3 Å². The van der Waals surface area contributed by atoms with E-state index in [9.17, 15) is 4.79 Å². The van der Waals surface area contributed by atoms with Crippen molar-refractivity contribution >= 4 is 44.7 Å². The Labute approximate surface area is 197 Å². The molecular weight excluding hydrogens is 440 g/mol. The van der Waals surface area contributed by atoms with Crippen molar-refractivity contribution in [1.29, 1.82) is 0 Å². The molecule has 0 aliphatic carbocycles. The lowest BCUT2D eigenvalue weighted by atomic mass is 10.1. The Morgan fingerprint density at radius 3 is 2.47 bits per heavy atom. The van der Waals surface area contributed by atoms with Crippen LogP contribution in [0.3, 0.4) is 0 Å². The second-order valence-corrected chi connectivity index (χ2v) is 9.35. The average molecular weight is 465 g/mol. The Kier molecular flexibility index (Phi) is 6.77. The second-order valence-electron chi connectivity index (χ2n) is 7.94. The Balaban J connectivity index is 1.28. The number of nitrogens with one attached hydrogen (secondary N) is 1. The molecule has 0 aliphatic rings. The summed E-state index contributed by atoms with van der Waals surface area (Å²) in [6.07, 6.45) is 1.03. The number of ether oxygens (including phenoxy) is 1. The van der Waals surface area contributed by atoms with Crippen LogP contribution in [0.25, 0.3) is 20.8 Å². The summed E-state index contributed by atoms with van der Waals surface area (Å²) in [4.78, 5) is 17.0. The zero-order valence-corrected chi connectivity index (χ0v) is 19.9. The van der Waals surface area contributed by atoms with Gasteiger partial charge in [-0.1, -0.05) is 17.7 Å². The summed E-state index contributed by atoms with van der Waals surface area (Å²) in [5.41, 5.74) is 6.05. The van der Waals surface area contributed by atoms with Gasteiger partial charge in [-0.05, 0) is 92.4 Å². The number of carbonyl (C=O) groups excluding carboxylic acids is 1. The van der Waals surface area contributed by atoms with Crippen LogP contribution >= 0.6 is 22.9 Å². The van der Waals surface area contributed by atoms with Crippen molar-refractivity contribution in [3.8, 4) is 16.3 Å². The zero-order valence-electron chi connectivity index (χ0n) is 18.4. The third-order valence-corrected chi connectivity index (χ3v) is 6.85. The fourth-order valence-electron chi connectivity index (χ4n) is 3.49. The molecule has 0 fully saturated rings. The van der Waals surface area contributed by atoms with Crippen molar-refractivity contribution in [2.75, 3.05) is 11.9 Å². The number of benzene rings is 3. The third-order valence-electron chi connectivity index (χ3n) is 5.19. The van der Waals surface area contributed by atoms with Crippen molar-refractivity contribution in [3.63, 3.8) is 0 Å². The van der Waals surface area contributed by atoms with Gasteiger partial charge in [0.15, 0.2) is 0 Å². The summed E-state index contributed by atoms with van der Waals surface area (Å²) < 4.78 is 6.96. The van der Waals surface area contributed by atoms with Crippen LogP contribution in [0.5, 0.6) is 5.75 Å². The first kappa shape index (κ1) is 22.3. The van der Waals surface area contributed by atoms with Crippen LogP contribution in [0.2, 0.25) is 5.02 Å². The number of hydrogen-bond acceptors (Lipinski definition) is 4. The lowest BCUT2D eigenvalue weighted by Gasteiger charge is -2.10. The van der Waals surface area contributed by atoms with E-state index in [0.717, 1.165) is 43.7 Å². The van der Waals surface area contributed by atoms with Crippen molar-refractivity contribution in [2.45, 2.75) is 33.6 Å². The molecule has 0 aliphatic heterocycles. The van der Waals surface area contributed by atoms with Crippen LogP contribution in [-0.2, 0) is 4.79 Å². The zero-order chi connectivity index (χ0) is 22.7. The first-order chi connectivity index (χ1) is 15.4. The monoisotopic (exact) mass is 464 g/mol. The number of hydrogen-bond donors (Lipinski definition) is 1. The molecule has 0 radical (unpaired) electrons. The maximum Gasteiger partial charge on any atom is 0.224 e. The first-order valence-corrected chi connectivity index (χ1v) is 11.8. The van der Waals surface area contributed by atoms with Gasteiger partial charge < -0.3 is 10.1 Å². The van der Waals surface area contributed by atoms with Gasteiger partial charge in [0, 0.05) is 22.7 Å². The van der Waals surface area contributed by atoms with Gasteiger partial charge in [0.05, 0.1) is 16.8 Å². The highest BCUT2D eigenvalue weighted by Crippen LogP contribution is 2.31. The fraction of sp³-hybridized carbons (Fsp3) is 0.231. The van der Waals surface area contributed by atoms with Crippen LogP contribution in [-0.4, -0.2) is 17.5 Å². The standard InChI is InChI=1S/C26H25ClN2O2S/c1-16-6-11-22-23(13-16)32-26(29-22)19-7-9-20(10-8-19)28-24(30)5-4-12-31-21-14-17(2)25(27)18(3)15-21/h6-11,13-15H,4-5,12H2,1-3H3,(H,28,30). The number of rotatable bonds is 7. The highest BCUT2D eigenvalue weighted by atomic mass is 35.5. The second kappa shape index (κ2) is 9.72. The minimum absolute atomic E-state index is 0.0275. The molecule has 32 heavy (non-hydrogen) atoms. The predicted molar refractivity (Wildman–Crippen MR) is 134 cm³/mol. The van der Waals surface area contributed by atoms with Crippen LogP contribution < -0.4 is 10.1 Å². The summed E-state index contributed by atoms with van der Waals surface area (Å²) in [5, 5.41) is 4.69. The fourth-order valence-corrected chi connectivity index (χ4v) is 4.67. The Hall–Kier alpha value is -2.89. The third kappa shape index (κ3) is 5.29. The van der Waals surface area contributed by atoms with Crippen molar-refractivity contribution in [2.24, 2.45) is 0 Å². The van der Waals surface area contributed by atoms with Gasteiger partial charge in [0.1, 0.15) is 10.8 Å². The van der Waals surface area contributed by atoms with Crippen LogP contribution in [0.1, 0.15) is 29.5 Å². The van der Waals surface area contributed by atoms with E-state index in [4.69, 9.17) is 21.3 Å². The minimum Gasteiger partial charge on any atom is -0.494 e. The molecule has 0 unspecified atom stereocenters. The quantitative estimate of drug-likeness (QED) is 0.291. The van der Waals surface area contributed by atoms with Gasteiger partial charge in [-0.2, -0.15) is 0 Å². The summed E-state index contributed by atoms with van der Waals surface area (Å²) in [5.74, 6) is 0.755. The lowest BCUT2D eigenvalue weighted by Crippen LogP contribution is -2.12. The van der Waals surface area contributed by atoms with E-state index in [1.54, 1.807) is 11.3 Å². The summed E-state index contributed by atoms with van der Waals surface area (Å²) in [6, 6.07) is 18.0. The minimum atomic E-state index is -0.0275. The number of carbonyl (C=O) groups is 1. The van der Waals surface area contributed by atoms with Gasteiger partial charge in [0.2, 0.25) is 5.91 Å². The number of thiazole rings is 1. The molecule has 0 atom stereocenters. The Bertz CT molecular complexity index is 1240. The van der Waals surface area contributed by atoms with E-state index in [1.807, 2.05) is 50.2 Å². The van der Waals surface area contributed by atoms with Gasteiger partial charge in [-0.3, -0.25) is 4.79 Å². The van der Waals surface area contributed by atoms with E-state index < -0.39 is 0 Å². The number of anilines is 1. The van der Waals surface area contributed by atoms with E-state index in [-0.39, 0.29) is 5.91 Å². The molecular formula is C26H25ClN2O2S. The SMILES string of the molecule is Cc1ccc2nc(-c3ccc(NC(=O)CCCOc4cc(C)c(Cl)c(C)c4)cc3)sc2c1. The van der Waals surface area contributed by atoms with Gasteiger partial charge in [-0.25, -0.2) is 4.98 Å². The molecule has 4 rings (SSSR count). The van der Waals surface area contributed by atoms with Crippen LogP contribution in [0, 0.1) is 20.8 Å². The molecule has 0 bridgehead atoms. The summed E-state index contributed by atoms with van der Waals surface area (Å²) in [7, 11) is 0. The molecule has 4 aromatic rings. The summed E-state index contributed by atoms with van der Waals surface area (Å²) in [6.45, 7) is 6.48. The molecule has 1 heterocycles. The molecule has 4 nitrogen and oxygen atoms in total. The number of aryl methyl sites for hydroxylation is 3. The Morgan fingerprint density at radius 2 is 1.75 bits per heavy atom. The van der Waals surface area contributed by atoms with Crippen molar-refractivity contribution < 1.29 is 9.53 Å². The number of aromatic nitrogens is 1. The number of fused-ring (bicyclic) bond motifs is 1. The molecule has 0 saturated carbocycles. The molecule has 6 heteroatoms. The van der Waals surface area contributed by atoms with Gasteiger partial charge in [-0.15, -0.1) is 11.3 Å². The average Bonchev–Trinajstić information content (AvgIpc) is 3.18. The molecule has 1 N–H and O–H groups in total. The molecule has 1 aromatic heterocycles. The topological polar surface area (TPSA) is 51.2 Å². The lowest BCUT2D eigenvalue weighted by molar-refractivity contribution is -0.116. The van der Waals surface area contributed by atoms with Crippen molar-refractivity contribution in [1.82, 2.24) is 4.98 Å². The largest absolute Gasteiger partial charge is 0.494 e. The van der Waals surface area contributed by atoms with E-state index in [0.29, 0.717) is 19.4 Å². The first-order valence-electron chi connectivity index (χ1n) is 10.6. The number of nitrogens with zero attached hydrogens (tertiary/aromatic N) is 1. The normalized spacial score (nSPS) is 11.0. The smallest absolute Gasteiger partial charge is 0.224 e. The Morgan fingerprint density at radius 1 is 1.03 bits per heavy atom. The molecule has 3 aromatic carbocycles. The predicted octanol–water partition coefficient (Wildman–Crippen LogP) is 7.34. The van der Waals surface area contributed by atoms with E-state index in [1.165, 1.54) is 10.3 Å². The molecule has 0 spiro atoms. The number of amides is 1. The van der Waals surface area contributed by atoms with Gasteiger partial charge in [0.25, 0.3) is 0 Å². The molecule has 164 valence electrons. The van der Waals surface area contributed by atoms with Crippen LogP contribution in [0.4, 0.5) is 5.69 Å². The highest BCUT2D eigenvalue weighted by Gasteiger charge is 2.08. The van der Waals surface area contributed by atoms with Crippen LogP contribution in [0.15, 0.2) is 54.6 Å². The van der Waals surface area contributed by atoms with E-state index in [2.05, 4.69) is 30.4 Å². The molecule has 0 saturated heterocycles. The van der Waals surface area contributed by atoms with E-state index >= 15 is 0 Å². The van der Waals surface area contributed by atoms with Gasteiger partial charge >= 0.3 is 0 Å².